The second kappa shape index (κ2) is 5.09. The summed E-state index contributed by atoms with van der Waals surface area (Å²) in [7, 11) is 0. The molecule has 0 aromatic heterocycles. The molecule has 1 saturated heterocycles. The highest BCUT2D eigenvalue weighted by Crippen LogP contribution is 2.48. The van der Waals surface area contributed by atoms with E-state index in [1.807, 2.05) is 74.5 Å². The van der Waals surface area contributed by atoms with Gasteiger partial charge in [-0.1, -0.05) is 53.7 Å². The molecule has 0 radical (unpaired) electrons. The van der Waals surface area contributed by atoms with Gasteiger partial charge < -0.3 is 9.57 Å². The average Bonchev–Trinajstić information content (AvgIpc) is 3.10. The first kappa shape index (κ1) is 14.8. The second-order valence-electron chi connectivity index (χ2n) is 6.51. The molecular weight excluding hydrogens is 304 g/mol. The van der Waals surface area contributed by atoms with Gasteiger partial charge in [0.25, 0.3) is 5.72 Å². The van der Waals surface area contributed by atoms with E-state index in [0.29, 0.717) is 6.42 Å². The number of hydrogen-bond donors (Lipinski definition) is 0. The number of oxime groups is 1. The summed E-state index contributed by atoms with van der Waals surface area (Å²) in [5, 5.41) is 4.29. The minimum absolute atomic E-state index is 0.421. The Morgan fingerprint density at radius 1 is 1.00 bits per heavy atom. The fraction of sp³-hybridized carbons (Fsp3) is 0.263. The Morgan fingerprint density at radius 3 is 2.29 bits per heavy atom. The number of anilines is 1. The Labute approximate surface area is 140 Å². The quantitative estimate of drug-likeness (QED) is 0.841. The number of carbonyl (C=O) groups is 1. The third kappa shape index (κ3) is 2.01. The van der Waals surface area contributed by atoms with Gasteiger partial charge in [-0.3, -0.25) is 0 Å². The molecule has 0 N–H and O–H groups in total. The summed E-state index contributed by atoms with van der Waals surface area (Å²) < 4.78 is 5.63. The van der Waals surface area contributed by atoms with Gasteiger partial charge in [0.2, 0.25) is 0 Å². The van der Waals surface area contributed by atoms with Crippen molar-refractivity contribution in [2.75, 3.05) is 4.90 Å². The molecule has 2 aliphatic rings. The predicted molar refractivity (Wildman–Crippen MR) is 90.9 cm³/mol. The molecule has 1 unspecified atom stereocenters. The normalized spacial score (nSPS) is 24.7. The Balaban J connectivity index is 1.76. The Bertz CT molecular complexity index is 802. The van der Waals surface area contributed by atoms with E-state index in [0.717, 1.165) is 17.0 Å². The number of cyclic esters (lactones) is 1. The van der Waals surface area contributed by atoms with Crippen molar-refractivity contribution < 1.29 is 14.4 Å². The molecule has 5 heteroatoms. The summed E-state index contributed by atoms with van der Waals surface area (Å²) in [6.45, 7) is 3.72. The lowest BCUT2D eigenvalue weighted by Crippen LogP contribution is -2.56. The first-order chi connectivity index (χ1) is 11.5. The van der Waals surface area contributed by atoms with Crippen LogP contribution in [0, 0.1) is 0 Å². The van der Waals surface area contributed by atoms with E-state index in [4.69, 9.17) is 9.57 Å². The molecule has 1 amide bonds. The minimum atomic E-state index is -0.989. The van der Waals surface area contributed by atoms with Crippen LogP contribution in [0.2, 0.25) is 0 Å². The molecule has 4 rings (SSSR count). The van der Waals surface area contributed by atoms with E-state index in [9.17, 15) is 4.79 Å². The van der Waals surface area contributed by atoms with E-state index < -0.39 is 17.4 Å². The van der Waals surface area contributed by atoms with E-state index in [1.54, 1.807) is 4.90 Å². The molecular formula is C19H18N2O3. The number of ether oxygens (including phenoxy) is 1. The summed E-state index contributed by atoms with van der Waals surface area (Å²) in [6.07, 6.45) is 0.0423. The van der Waals surface area contributed by atoms with Crippen LogP contribution >= 0.6 is 0 Å². The summed E-state index contributed by atoms with van der Waals surface area (Å²) in [6, 6.07) is 19.3. The lowest BCUT2D eigenvalue weighted by molar-refractivity contribution is -0.111. The van der Waals surface area contributed by atoms with Gasteiger partial charge in [0.05, 0.1) is 17.8 Å². The SMILES string of the molecule is CC1(C)OC(=O)N(c2ccccc2)C12CC(c1ccccc1)=NO2. The van der Waals surface area contributed by atoms with Gasteiger partial charge in [0.15, 0.2) is 5.60 Å². The highest BCUT2D eigenvalue weighted by molar-refractivity contribution is 6.04. The number of rotatable bonds is 2. The molecule has 1 spiro atoms. The molecule has 2 aromatic carbocycles. The Kier molecular flexibility index (Phi) is 3.13. The van der Waals surface area contributed by atoms with Crippen molar-refractivity contribution >= 4 is 17.5 Å². The Hall–Kier alpha value is -2.82. The third-order valence-corrected chi connectivity index (χ3v) is 4.66. The molecule has 5 nitrogen and oxygen atoms in total. The lowest BCUT2D eigenvalue weighted by Gasteiger charge is -2.36. The minimum Gasteiger partial charge on any atom is -0.437 e. The molecule has 2 heterocycles. The van der Waals surface area contributed by atoms with Crippen molar-refractivity contribution in [3.63, 3.8) is 0 Å². The zero-order valence-corrected chi connectivity index (χ0v) is 13.6. The monoisotopic (exact) mass is 322 g/mol. The number of benzene rings is 2. The van der Waals surface area contributed by atoms with Crippen LogP contribution < -0.4 is 4.90 Å². The molecule has 0 bridgehead atoms. The maximum Gasteiger partial charge on any atom is 0.418 e. The number of hydrogen-bond acceptors (Lipinski definition) is 4. The van der Waals surface area contributed by atoms with Crippen molar-refractivity contribution in [2.45, 2.75) is 31.6 Å². The predicted octanol–water partition coefficient (Wildman–Crippen LogP) is 3.94. The zero-order chi connectivity index (χ0) is 16.8. The molecule has 0 saturated carbocycles. The summed E-state index contributed by atoms with van der Waals surface area (Å²) >= 11 is 0. The molecule has 1 atom stereocenters. The van der Waals surface area contributed by atoms with Gasteiger partial charge in [-0.25, -0.2) is 9.69 Å². The summed E-state index contributed by atoms with van der Waals surface area (Å²) in [4.78, 5) is 20.0. The standard InChI is InChI=1S/C19H18N2O3/c1-18(2)19(13-16(20-24-19)14-9-5-3-6-10-14)21(17(22)23-18)15-11-7-4-8-12-15/h3-12H,13H2,1-2H3. The lowest BCUT2D eigenvalue weighted by atomic mass is 9.87. The van der Waals surface area contributed by atoms with Crippen LogP contribution in [0.3, 0.4) is 0 Å². The van der Waals surface area contributed by atoms with Gasteiger partial charge in [-0.05, 0) is 31.5 Å². The third-order valence-electron chi connectivity index (χ3n) is 4.66. The molecule has 122 valence electrons. The topological polar surface area (TPSA) is 51.1 Å². The average molecular weight is 322 g/mol. The van der Waals surface area contributed by atoms with E-state index in [-0.39, 0.29) is 0 Å². The van der Waals surface area contributed by atoms with Crippen LogP contribution in [-0.4, -0.2) is 23.1 Å². The highest BCUT2D eigenvalue weighted by atomic mass is 16.7. The molecule has 2 aliphatic heterocycles. The van der Waals surface area contributed by atoms with Crippen LogP contribution in [-0.2, 0) is 9.57 Å². The fourth-order valence-electron chi connectivity index (χ4n) is 3.30. The summed E-state index contributed by atoms with van der Waals surface area (Å²) in [5.41, 5.74) is 0.703. The van der Waals surface area contributed by atoms with Crippen molar-refractivity contribution in [1.82, 2.24) is 0 Å². The zero-order valence-electron chi connectivity index (χ0n) is 13.6. The van der Waals surface area contributed by atoms with Crippen LogP contribution in [0.1, 0.15) is 25.8 Å². The maximum atomic E-state index is 12.6. The van der Waals surface area contributed by atoms with Gasteiger partial charge in [-0.15, -0.1) is 0 Å². The van der Waals surface area contributed by atoms with Crippen molar-refractivity contribution in [3.05, 3.63) is 66.2 Å². The highest BCUT2D eigenvalue weighted by Gasteiger charge is 2.66. The van der Waals surface area contributed by atoms with Gasteiger partial charge in [0.1, 0.15) is 0 Å². The van der Waals surface area contributed by atoms with Crippen molar-refractivity contribution in [2.24, 2.45) is 5.16 Å². The Morgan fingerprint density at radius 2 is 1.62 bits per heavy atom. The van der Waals surface area contributed by atoms with Gasteiger partial charge >= 0.3 is 6.09 Å². The van der Waals surface area contributed by atoms with E-state index >= 15 is 0 Å². The van der Waals surface area contributed by atoms with Crippen LogP contribution in [0.15, 0.2) is 65.8 Å². The molecule has 24 heavy (non-hydrogen) atoms. The fourth-order valence-corrected chi connectivity index (χ4v) is 3.30. The van der Waals surface area contributed by atoms with Crippen LogP contribution in [0.25, 0.3) is 0 Å². The number of carbonyl (C=O) groups excluding carboxylic acids is 1. The largest absolute Gasteiger partial charge is 0.437 e. The number of amides is 1. The maximum absolute atomic E-state index is 12.6. The van der Waals surface area contributed by atoms with E-state index in [2.05, 4.69) is 5.16 Å². The van der Waals surface area contributed by atoms with Gasteiger partial charge in [-0.2, -0.15) is 0 Å². The molecule has 0 aliphatic carbocycles. The number of nitrogens with zero attached hydrogens (tertiary/aromatic N) is 2. The van der Waals surface area contributed by atoms with Gasteiger partial charge in [0, 0.05) is 0 Å². The number of para-hydroxylation sites is 1. The van der Waals surface area contributed by atoms with Crippen LogP contribution in [0.4, 0.5) is 10.5 Å². The van der Waals surface area contributed by atoms with Crippen molar-refractivity contribution in [1.29, 1.82) is 0 Å². The van der Waals surface area contributed by atoms with Crippen LogP contribution in [0.5, 0.6) is 0 Å². The molecule has 2 aromatic rings. The summed E-state index contributed by atoms with van der Waals surface area (Å²) in [5.74, 6) is 0. The smallest absolute Gasteiger partial charge is 0.418 e. The molecule has 1 fully saturated rings. The van der Waals surface area contributed by atoms with Crippen molar-refractivity contribution in [3.8, 4) is 0 Å². The second-order valence-corrected chi connectivity index (χ2v) is 6.51. The first-order valence-corrected chi connectivity index (χ1v) is 7.92. The van der Waals surface area contributed by atoms with E-state index in [1.165, 1.54) is 0 Å². The first-order valence-electron chi connectivity index (χ1n) is 7.92.